The van der Waals surface area contributed by atoms with Crippen molar-refractivity contribution in [1.82, 2.24) is 0 Å². The minimum absolute atomic E-state index is 0.171. The lowest BCUT2D eigenvalue weighted by atomic mass is 10.1. The van der Waals surface area contributed by atoms with Crippen LogP contribution in [0.1, 0.15) is 136 Å². The zero-order valence-corrected chi connectivity index (χ0v) is 41.3. The van der Waals surface area contributed by atoms with Gasteiger partial charge in [-0.15, -0.1) is 0 Å². The van der Waals surface area contributed by atoms with Gasteiger partial charge in [0.05, 0.1) is 0 Å². The fourth-order valence-corrected chi connectivity index (χ4v) is 5.47. The van der Waals surface area contributed by atoms with E-state index in [1.807, 2.05) is 128 Å². The number of allylic oxidation sites excluding steroid dienone is 34. The number of rotatable bonds is 40. The topological polar surface area (TPSA) is 78.9 Å². The Balaban J connectivity index is 4.75. The molecule has 0 rings (SSSR count). The lowest BCUT2D eigenvalue weighted by Crippen LogP contribution is -2.30. The van der Waals surface area contributed by atoms with Crippen LogP contribution in [0.15, 0.2) is 207 Å². The van der Waals surface area contributed by atoms with Crippen LogP contribution >= 0.6 is 0 Å². The van der Waals surface area contributed by atoms with E-state index in [9.17, 15) is 14.4 Å². The summed E-state index contributed by atoms with van der Waals surface area (Å²) in [5.41, 5.74) is 0. The molecule has 0 N–H and O–H groups in total. The van der Waals surface area contributed by atoms with Gasteiger partial charge < -0.3 is 14.2 Å². The summed E-state index contributed by atoms with van der Waals surface area (Å²) in [4.78, 5) is 37.9. The molecular weight excluding hydrogens is 829 g/mol. The van der Waals surface area contributed by atoms with E-state index in [4.69, 9.17) is 14.2 Å². The predicted octanol–water partition coefficient (Wildman–Crippen LogP) is 16.5. The second-order valence-corrected chi connectivity index (χ2v) is 15.1. The third-order valence-electron chi connectivity index (χ3n) is 9.07. The van der Waals surface area contributed by atoms with Crippen LogP contribution in [0, 0.1) is 0 Å². The van der Waals surface area contributed by atoms with Gasteiger partial charge in [-0.05, 0) is 89.9 Å². The largest absolute Gasteiger partial charge is 0.462 e. The number of hydrogen-bond acceptors (Lipinski definition) is 6. The van der Waals surface area contributed by atoms with Crippen molar-refractivity contribution >= 4 is 17.9 Å². The van der Waals surface area contributed by atoms with E-state index in [0.717, 1.165) is 77.0 Å². The summed E-state index contributed by atoms with van der Waals surface area (Å²) >= 11 is 0. The first kappa shape index (κ1) is 61.0. The van der Waals surface area contributed by atoms with Crippen LogP contribution in [0.4, 0.5) is 0 Å². The average molecular weight is 913 g/mol. The number of carbonyl (C=O) groups excluding carboxylic acids is 3. The molecule has 0 aromatic rings. The van der Waals surface area contributed by atoms with Crippen molar-refractivity contribution in [2.45, 2.75) is 142 Å². The summed E-state index contributed by atoms with van der Waals surface area (Å²) < 4.78 is 16.6. The Morgan fingerprint density at radius 1 is 0.313 bits per heavy atom. The minimum Gasteiger partial charge on any atom is -0.462 e. The maximum absolute atomic E-state index is 12.8. The molecule has 1 atom stereocenters. The Kier molecular flexibility index (Phi) is 47.9. The van der Waals surface area contributed by atoms with Crippen molar-refractivity contribution < 1.29 is 28.6 Å². The number of carbonyl (C=O) groups is 3. The molecule has 0 heterocycles. The molecule has 67 heavy (non-hydrogen) atoms. The summed E-state index contributed by atoms with van der Waals surface area (Å²) in [6.07, 6.45) is 82.5. The fourth-order valence-electron chi connectivity index (χ4n) is 5.47. The predicted molar refractivity (Wildman–Crippen MR) is 287 cm³/mol. The maximum atomic E-state index is 12.8. The first-order valence-electron chi connectivity index (χ1n) is 24.7. The summed E-state index contributed by atoms with van der Waals surface area (Å²) in [7, 11) is 0. The SMILES string of the molecule is CC/C=C/C=C/C=C/C=C/C=C/C=C/CCCCCC(=O)OC(COC(=O)CC/C=C/C/C=C/C/C=C/C/C=C/C/C=C/C/C=C/CC)COC(=O)CCC/C=C/C=C/C=C/C=C/C=C/CC. The van der Waals surface area contributed by atoms with Crippen molar-refractivity contribution in [2.75, 3.05) is 13.2 Å². The Hall–Kier alpha value is -6.01. The molecule has 0 saturated carbocycles. The molecule has 0 aromatic carbocycles. The molecule has 1 unspecified atom stereocenters. The normalized spacial score (nSPS) is 13.9. The van der Waals surface area contributed by atoms with Gasteiger partial charge >= 0.3 is 17.9 Å². The Morgan fingerprint density at radius 3 is 1.09 bits per heavy atom. The monoisotopic (exact) mass is 913 g/mol. The van der Waals surface area contributed by atoms with Gasteiger partial charge in [-0.3, -0.25) is 14.4 Å². The van der Waals surface area contributed by atoms with Gasteiger partial charge in [0.1, 0.15) is 13.2 Å². The molecule has 0 aliphatic carbocycles. The van der Waals surface area contributed by atoms with E-state index >= 15 is 0 Å². The summed E-state index contributed by atoms with van der Waals surface area (Å²) in [5, 5.41) is 0. The minimum atomic E-state index is -0.874. The highest BCUT2D eigenvalue weighted by atomic mass is 16.6. The first-order chi connectivity index (χ1) is 33.0. The van der Waals surface area contributed by atoms with Crippen molar-refractivity contribution in [3.63, 3.8) is 0 Å². The van der Waals surface area contributed by atoms with E-state index in [1.54, 1.807) is 0 Å². The Morgan fingerprint density at radius 2 is 0.657 bits per heavy atom. The quantitative estimate of drug-likeness (QED) is 0.0200. The van der Waals surface area contributed by atoms with Crippen molar-refractivity contribution in [2.24, 2.45) is 0 Å². The Bertz CT molecular complexity index is 1760. The second kappa shape index (κ2) is 52.6. The van der Waals surface area contributed by atoms with Crippen LogP contribution in [0.3, 0.4) is 0 Å². The number of esters is 3. The fraction of sp³-hybridized carbons (Fsp3) is 0.393. The van der Waals surface area contributed by atoms with E-state index < -0.39 is 18.0 Å². The molecule has 0 aliphatic heterocycles. The van der Waals surface area contributed by atoms with E-state index in [2.05, 4.69) is 99.8 Å². The van der Waals surface area contributed by atoms with Gasteiger partial charge in [-0.1, -0.05) is 234 Å². The maximum Gasteiger partial charge on any atom is 0.306 e. The number of unbranched alkanes of at least 4 members (excludes halogenated alkanes) is 4. The van der Waals surface area contributed by atoms with Gasteiger partial charge in [-0.2, -0.15) is 0 Å². The van der Waals surface area contributed by atoms with E-state index in [1.165, 1.54) is 0 Å². The molecule has 364 valence electrons. The average Bonchev–Trinajstić information content (AvgIpc) is 3.33. The van der Waals surface area contributed by atoms with Crippen LogP contribution in [0.25, 0.3) is 0 Å². The van der Waals surface area contributed by atoms with Crippen molar-refractivity contribution in [3.05, 3.63) is 207 Å². The molecule has 0 aliphatic rings. The molecule has 0 fully saturated rings. The molecule has 0 spiro atoms. The summed E-state index contributed by atoms with van der Waals surface area (Å²) in [6.45, 7) is 6.01. The molecular formula is C61H84O6. The molecule has 0 amide bonds. The van der Waals surface area contributed by atoms with E-state index in [0.29, 0.717) is 19.3 Å². The van der Waals surface area contributed by atoms with Crippen LogP contribution < -0.4 is 0 Å². The lowest BCUT2D eigenvalue weighted by molar-refractivity contribution is -0.166. The molecule has 0 radical (unpaired) electrons. The zero-order chi connectivity index (χ0) is 48.6. The smallest absolute Gasteiger partial charge is 0.306 e. The molecule has 0 bridgehead atoms. The molecule has 0 aromatic heterocycles. The third kappa shape index (κ3) is 50.8. The Labute approximate surface area is 407 Å². The first-order valence-corrected chi connectivity index (χ1v) is 24.7. The highest BCUT2D eigenvalue weighted by Gasteiger charge is 2.19. The molecule has 0 saturated heterocycles. The summed E-state index contributed by atoms with van der Waals surface area (Å²) in [6, 6.07) is 0. The zero-order valence-electron chi connectivity index (χ0n) is 41.3. The van der Waals surface area contributed by atoms with Crippen LogP contribution in [0.2, 0.25) is 0 Å². The second-order valence-electron chi connectivity index (χ2n) is 15.1. The van der Waals surface area contributed by atoms with Gasteiger partial charge in [0.15, 0.2) is 6.10 Å². The standard InChI is InChI=1S/C61H84O6/c1-4-7-10-13-16-19-22-25-27-29-30-32-33-36-39-42-45-48-51-54-60(63)66-57-58(56-65-59(62)53-50-47-44-41-38-35-24-21-18-15-12-9-6-3)67-61(64)55-52-49-46-43-40-37-34-31-28-26-23-20-17-14-11-8-5-2/h7-12,14-21,23-28,30-32,34-41,44-45,48,58H,4-6,13,22,29,33,42-43,46-47,49-57H2,1-3H3/b10-7+,11-8+,12-9+,17-14+,18-15+,19-16+,23-20+,24-21+,27-25+,28-26+,32-30+,34-31+,38-35+,39-36+,40-37+,44-41+,48-45+. The highest BCUT2D eigenvalue weighted by Crippen LogP contribution is 2.09. The van der Waals surface area contributed by atoms with Crippen LogP contribution in [-0.4, -0.2) is 37.2 Å². The van der Waals surface area contributed by atoms with Gasteiger partial charge in [0, 0.05) is 19.3 Å². The third-order valence-corrected chi connectivity index (χ3v) is 9.07. The molecule has 6 nitrogen and oxygen atoms in total. The van der Waals surface area contributed by atoms with E-state index in [-0.39, 0.29) is 38.4 Å². The van der Waals surface area contributed by atoms with Crippen molar-refractivity contribution in [1.29, 1.82) is 0 Å². The number of ether oxygens (including phenoxy) is 3. The van der Waals surface area contributed by atoms with Crippen LogP contribution in [0.5, 0.6) is 0 Å². The van der Waals surface area contributed by atoms with Gasteiger partial charge in [0.25, 0.3) is 0 Å². The lowest BCUT2D eigenvalue weighted by Gasteiger charge is -2.18. The highest BCUT2D eigenvalue weighted by molar-refractivity contribution is 5.71. The van der Waals surface area contributed by atoms with Gasteiger partial charge in [0.2, 0.25) is 0 Å². The summed E-state index contributed by atoms with van der Waals surface area (Å²) in [5.74, 6) is -1.19. The van der Waals surface area contributed by atoms with Crippen molar-refractivity contribution in [3.8, 4) is 0 Å². The van der Waals surface area contributed by atoms with Gasteiger partial charge in [-0.25, -0.2) is 0 Å². The number of hydrogen-bond donors (Lipinski definition) is 0. The van der Waals surface area contributed by atoms with Crippen LogP contribution in [-0.2, 0) is 28.6 Å². The molecule has 6 heteroatoms.